The summed E-state index contributed by atoms with van der Waals surface area (Å²) in [5.41, 5.74) is 6.78. The number of nitrogens with zero attached hydrogens (tertiary/aromatic N) is 4. The monoisotopic (exact) mass is 264 g/mol. The lowest BCUT2D eigenvalue weighted by Crippen LogP contribution is -2.32. The fraction of sp³-hybridized carbons (Fsp3) is 0.455. The Balaban J connectivity index is 2.34. The van der Waals surface area contributed by atoms with E-state index >= 15 is 0 Å². The quantitative estimate of drug-likeness (QED) is 0.748. The van der Waals surface area contributed by atoms with E-state index in [1.165, 1.54) is 6.33 Å². The second-order valence-corrected chi connectivity index (χ2v) is 3.83. The molecule has 3 N–H and O–H groups in total. The van der Waals surface area contributed by atoms with Crippen molar-refractivity contribution in [1.29, 1.82) is 0 Å². The maximum Gasteiger partial charge on any atom is 0.325 e. The van der Waals surface area contributed by atoms with E-state index in [9.17, 15) is 4.79 Å². The van der Waals surface area contributed by atoms with Crippen LogP contribution in [0.4, 0.5) is 11.8 Å². The molecule has 0 radical (unpaired) electrons. The van der Waals surface area contributed by atoms with Gasteiger partial charge in [-0.2, -0.15) is 9.97 Å². The van der Waals surface area contributed by atoms with Crippen LogP contribution in [0.1, 0.15) is 13.8 Å². The number of nitrogens with one attached hydrogen (secondary N) is 1. The molecule has 0 aliphatic rings. The number of hydrogen-bond acceptors (Lipinski definition) is 7. The minimum atomic E-state index is -0.311. The van der Waals surface area contributed by atoms with Crippen LogP contribution in [-0.4, -0.2) is 45.6 Å². The standard InChI is InChI=1S/C11H16N6O2/c1-3-17(5-7(18)19-4-2)10-8-9(14-6-13-8)15-11(12)16-10/h6H,3-5H2,1-2H3,(H3,12,13,14,15,16). The summed E-state index contributed by atoms with van der Waals surface area (Å²) in [6.45, 7) is 4.73. The van der Waals surface area contributed by atoms with E-state index in [2.05, 4.69) is 19.9 Å². The van der Waals surface area contributed by atoms with Gasteiger partial charge in [0.05, 0.1) is 12.9 Å². The molecule has 8 heteroatoms. The molecule has 0 aliphatic carbocycles. The van der Waals surface area contributed by atoms with Crippen molar-refractivity contribution < 1.29 is 9.53 Å². The van der Waals surface area contributed by atoms with Crippen molar-refractivity contribution in [2.45, 2.75) is 13.8 Å². The van der Waals surface area contributed by atoms with Crippen molar-refractivity contribution in [3.8, 4) is 0 Å². The second-order valence-electron chi connectivity index (χ2n) is 3.83. The first-order chi connectivity index (χ1) is 9.15. The number of H-pyrrole nitrogens is 1. The van der Waals surface area contributed by atoms with Gasteiger partial charge in [0.2, 0.25) is 5.95 Å². The van der Waals surface area contributed by atoms with Crippen molar-refractivity contribution in [2.75, 3.05) is 30.3 Å². The average Bonchev–Trinajstić information content (AvgIpc) is 2.83. The Kier molecular flexibility index (Phi) is 3.79. The van der Waals surface area contributed by atoms with Crippen molar-refractivity contribution in [3.63, 3.8) is 0 Å². The molecular formula is C11H16N6O2. The normalized spacial score (nSPS) is 10.6. The SMILES string of the molecule is CCOC(=O)CN(CC)c1nc(N)nc2nc[nH]c12. The van der Waals surface area contributed by atoms with Crippen LogP contribution < -0.4 is 10.6 Å². The highest BCUT2D eigenvalue weighted by molar-refractivity contribution is 5.86. The first kappa shape index (κ1) is 13.1. The summed E-state index contributed by atoms with van der Waals surface area (Å²) >= 11 is 0. The molecular weight excluding hydrogens is 248 g/mol. The molecule has 0 bridgehead atoms. The molecule has 2 heterocycles. The third-order valence-corrected chi connectivity index (χ3v) is 2.59. The zero-order chi connectivity index (χ0) is 13.8. The first-order valence-electron chi connectivity index (χ1n) is 6.02. The predicted octanol–water partition coefficient (Wildman–Crippen LogP) is 0.325. The van der Waals surface area contributed by atoms with E-state index in [-0.39, 0.29) is 18.5 Å². The molecule has 0 spiro atoms. The topological polar surface area (TPSA) is 110 Å². The van der Waals surface area contributed by atoms with Gasteiger partial charge in [-0.05, 0) is 13.8 Å². The lowest BCUT2D eigenvalue weighted by Gasteiger charge is -2.21. The number of carbonyl (C=O) groups excluding carboxylic acids is 1. The number of fused-ring (bicyclic) bond motifs is 1. The van der Waals surface area contributed by atoms with E-state index in [0.717, 1.165) is 0 Å². The zero-order valence-corrected chi connectivity index (χ0v) is 10.9. The number of esters is 1. The zero-order valence-electron chi connectivity index (χ0n) is 10.9. The van der Waals surface area contributed by atoms with Gasteiger partial charge >= 0.3 is 5.97 Å². The largest absolute Gasteiger partial charge is 0.465 e. The highest BCUT2D eigenvalue weighted by atomic mass is 16.5. The van der Waals surface area contributed by atoms with Crippen molar-refractivity contribution in [1.82, 2.24) is 19.9 Å². The van der Waals surface area contributed by atoms with E-state index < -0.39 is 0 Å². The molecule has 102 valence electrons. The third kappa shape index (κ3) is 2.72. The molecule has 0 saturated heterocycles. The van der Waals surface area contributed by atoms with E-state index in [1.807, 2.05) is 6.92 Å². The molecule has 0 aromatic carbocycles. The summed E-state index contributed by atoms with van der Waals surface area (Å²) in [4.78, 5) is 28.5. The molecule has 0 unspecified atom stereocenters. The summed E-state index contributed by atoms with van der Waals surface area (Å²) in [5.74, 6) is 0.363. The number of aromatic nitrogens is 4. The van der Waals surface area contributed by atoms with Crippen molar-refractivity contribution >= 4 is 28.9 Å². The van der Waals surface area contributed by atoms with Gasteiger partial charge in [-0.15, -0.1) is 0 Å². The maximum atomic E-state index is 11.6. The summed E-state index contributed by atoms with van der Waals surface area (Å²) in [6, 6.07) is 0. The maximum absolute atomic E-state index is 11.6. The smallest absolute Gasteiger partial charge is 0.325 e. The van der Waals surface area contributed by atoms with Crippen LogP contribution in [0, 0.1) is 0 Å². The number of hydrogen-bond donors (Lipinski definition) is 2. The number of nitrogens with two attached hydrogens (primary N) is 1. The first-order valence-corrected chi connectivity index (χ1v) is 6.02. The average molecular weight is 264 g/mol. The number of ether oxygens (including phenoxy) is 1. The minimum Gasteiger partial charge on any atom is -0.465 e. The Bertz CT molecular complexity index is 582. The Labute approximate surface area is 110 Å². The number of likely N-dealkylation sites (N-methyl/N-ethyl adjacent to an activating group) is 1. The predicted molar refractivity (Wildman–Crippen MR) is 70.6 cm³/mol. The molecule has 0 amide bonds. The number of carbonyl (C=O) groups is 1. The molecule has 8 nitrogen and oxygen atoms in total. The number of nitrogen functional groups attached to an aromatic ring is 1. The summed E-state index contributed by atoms with van der Waals surface area (Å²) in [5, 5.41) is 0. The fourth-order valence-electron chi connectivity index (χ4n) is 1.76. The molecule has 19 heavy (non-hydrogen) atoms. The third-order valence-electron chi connectivity index (χ3n) is 2.59. The van der Waals surface area contributed by atoms with E-state index in [4.69, 9.17) is 10.5 Å². The molecule has 0 atom stereocenters. The van der Waals surface area contributed by atoms with Crippen molar-refractivity contribution in [3.05, 3.63) is 6.33 Å². The Morgan fingerprint density at radius 3 is 2.95 bits per heavy atom. The minimum absolute atomic E-state index is 0.106. The van der Waals surface area contributed by atoms with Gasteiger partial charge in [-0.1, -0.05) is 0 Å². The highest BCUT2D eigenvalue weighted by Gasteiger charge is 2.17. The molecule has 0 fully saturated rings. The Morgan fingerprint density at radius 2 is 2.26 bits per heavy atom. The fourth-order valence-corrected chi connectivity index (χ4v) is 1.76. The van der Waals surface area contributed by atoms with Crippen LogP contribution in [0.15, 0.2) is 6.33 Å². The molecule has 2 rings (SSSR count). The number of aromatic amines is 1. The van der Waals surface area contributed by atoms with Gasteiger partial charge in [0.1, 0.15) is 12.1 Å². The lowest BCUT2D eigenvalue weighted by molar-refractivity contribution is -0.141. The summed E-state index contributed by atoms with van der Waals surface area (Å²) < 4.78 is 4.94. The van der Waals surface area contributed by atoms with Crippen LogP contribution in [0.5, 0.6) is 0 Å². The van der Waals surface area contributed by atoms with Gasteiger partial charge in [-0.25, -0.2) is 4.98 Å². The van der Waals surface area contributed by atoms with Crippen LogP contribution >= 0.6 is 0 Å². The molecule has 2 aromatic heterocycles. The van der Waals surface area contributed by atoms with Gasteiger partial charge in [0.15, 0.2) is 11.5 Å². The van der Waals surface area contributed by atoms with Crippen LogP contribution in [-0.2, 0) is 9.53 Å². The lowest BCUT2D eigenvalue weighted by atomic mass is 10.4. The highest BCUT2D eigenvalue weighted by Crippen LogP contribution is 2.21. The van der Waals surface area contributed by atoms with E-state index in [0.29, 0.717) is 30.1 Å². The van der Waals surface area contributed by atoms with Gasteiger partial charge in [0.25, 0.3) is 0 Å². The van der Waals surface area contributed by atoms with Gasteiger partial charge in [0, 0.05) is 6.54 Å². The summed E-state index contributed by atoms with van der Waals surface area (Å²) in [6.07, 6.45) is 1.51. The molecule has 2 aromatic rings. The van der Waals surface area contributed by atoms with Crippen LogP contribution in [0.3, 0.4) is 0 Å². The van der Waals surface area contributed by atoms with Crippen LogP contribution in [0.2, 0.25) is 0 Å². The molecule has 0 saturated carbocycles. The Morgan fingerprint density at radius 1 is 1.47 bits per heavy atom. The second kappa shape index (κ2) is 5.51. The number of rotatable bonds is 5. The van der Waals surface area contributed by atoms with Gasteiger partial charge in [-0.3, -0.25) is 4.79 Å². The molecule has 0 aliphatic heterocycles. The number of anilines is 2. The summed E-state index contributed by atoms with van der Waals surface area (Å²) in [7, 11) is 0. The van der Waals surface area contributed by atoms with Crippen molar-refractivity contribution in [2.24, 2.45) is 0 Å². The van der Waals surface area contributed by atoms with E-state index in [1.54, 1.807) is 11.8 Å². The van der Waals surface area contributed by atoms with Crippen LogP contribution in [0.25, 0.3) is 11.2 Å². The Hall–Kier alpha value is -2.38. The number of imidazole rings is 1. The van der Waals surface area contributed by atoms with Gasteiger partial charge < -0.3 is 20.4 Å².